The van der Waals surface area contributed by atoms with Crippen LogP contribution in [0.3, 0.4) is 0 Å². The van der Waals surface area contributed by atoms with Gasteiger partial charge in [-0.15, -0.1) is 0 Å². The molecule has 0 aromatic rings. The van der Waals surface area contributed by atoms with Crippen LogP contribution in [0, 0.1) is 5.92 Å². The molecule has 1 heterocycles. The summed E-state index contributed by atoms with van der Waals surface area (Å²) in [5.74, 6) is -2.57. The Morgan fingerprint density at radius 2 is 2.00 bits per heavy atom. The van der Waals surface area contributed by atoms with Crippen molar-refractivity contribution in [1.29, 1.82) is 0 Å². The summed E-state index contributed by atoms with van der Waals surface area (Å²) in [7, 11) is 0. The van der Waals surface area contributed by atoms with Crippen molar-refractivity contribution < 1.29 is 39.9 Å². The number of carboxylic acids is 1. The number of amides is 1. The fourth-order valence-electron chi connectivity index (χ4n) is 2.56. The summed E-state index contributed by atoms with van der Waals surface area (Å²) in [6.45, 7) is -0.785. The van der Waals surface area contributed by atoms with Crippen LogP contribution in [0.2, 0.25) is 0 Å². The summed E-state index contributed by atoms with van der Waals surface area (Å²) >= 11 is 0. The maximum Gasteiger partial charge on any atom is 0.370 e. The molecule has 5 atom stereocenters. The molecule has 1 unspecified atom stereocenters. The molecule has 0 radical (unpaired) electrons. The van der Waals surface area contributed by atoms with E-state index >= 15 is 0 Å². The normalized spacial score (nSPS) is 30.4. The van der Waals surface area contributed by atoms with E-state index in [-0.39, 0.29) is 11.8 Å². The summed E-state index contributed by atoms with van der Waals surface area (Å²) in [5, 5.41) is 50.1. The first-order chi connectivity index (χ1) is 10.8. The average Bonchev–Trinajstić information content (AvgIpc) is 2.45. The number of aliphatic hydroxyl groups excluding tert-OH is 4. The molecule has 1 aliphatic carbocycles. The van der Waals surface area contributed by atoms with Gasteiger partial charge in [0.05, 0.1) is 12.6 Å². The molecule has 23 heavy (non-hydrogen) atoms. The molecule has 0 spiro atoms. The number of carbonyl (C=O) groups excluding carboxylic acids is 1. The lowest BCUT2D eigenvalue weighted by Crippen LogP contribution is -2.61. The average molecular weight is 331 g/mol. The molecule has 9 heteroatoms. The molecule has 0 saturated heterocycles. The second kappa shape index (κ2) is 7.26. The quantitative estimate of drug-likeness (QED) is 0.318. The Kier molecular flexibility index (Phi) is 5.58. The fourth-order valence-corrected chi connectivity index (χ4v) is 2.56. The van der Waals surface area contributed by atoms with Gasteiger partial charge in [-0.25, -0.2) is 4.79 Å². The van der Waals surface area contributed by atoms with Crippen molar-refractivity contribution in [2.24, 2.45) is 5.92 Å². The van der Waals surface area contributed by atoms with E-state index in [1.165, 1.54) is 0 Å². The van der Waals surface area contributed by atoms with Crippen LogP contribution in [0.25, 0.3) is 0 Å². The van der Waals surface area contributed by atoms with Crippen molar-refractivity contribution in [3.8, 4) is 0 Å². The van der Waals surface area contributed by atoms with Gasteiger partial charge in [0.25, 0.3) is 0 Å². The molecule has 0 bridgehead atoms. The van der Waals surface area contributed by atoms with Crippen molar-refractivity contribution >= 4 is 11.9 Å². The Bertz CT molecular complexity index is 489. The first-order valence-electron chi connectivity index (χ1n) is 7.42. The van der Waals surface area contributed by atoms with E-state index in [1.807, 2.05) is 0 Å². The number of hydrogen-bond acceptors (Lipinski definition) is 7. The van der Waals surface area contributed by atoms with Gasteiger partial charge in [0.2, 0.25) is 11.7 Å². The molecule has 2 aliphatic rings. The zero-order chi connectivity index (χ0) is 17.1. The minimum Gasteiger partial charge on any atom is -0.478 e. The SMILES string of the molecule is O=C(O)C1=C[C@H](O)[C@@H](NC(=O)C2CCC2)[C@H]([C@H](O)C(O)CO)O1. The van der Waals surface area contributed by atoms with Crippen LogP contribution < -0.4 is 5.32 Å². The van der Waals surface area contributed by atoms with Gasteiger partial charge in [0, 0.05) is 5.92 Å². The maximum atomic E-state index is 12.1. The number of nitrogens with one attached hydrogen (secondary N) is 1. The molecule has 130 valence electrons. The smallest absolute Gasteiger partial charge is 0.370 e. The summed E-state index contributed by atoms with van der Waals surface area (Å²) in [4.78, 5) is 23.1. The van der Waals surface area contributed by atoms with Crippen LogP contribution in [0.15, 0.2) is 11.8 Å². The highest BCUT2D eigenvalue weighted by molar-refractivity contribution is 5.85. The molecule has 6 N–H and O–H groups in total. The molecule has 0 aromatic heterocycles. The van der Waals surface area contributed by atoms with E-state index in [9.17, 15) is 24.9 Å². The lowest BCUT2D eigenvalue weighted by molar-refractivity contribution is -0.150. The Morgan fingerprint density at radius 3 is 2.48 bits per heavy atom. The first-order valence-corrected chi connectivity index (χ1v) is 7.42. The molecule has 9 nitrogen and oxygen atoms in total. The lowest BCUT2D eigenvalue weighted by atomic mass is 9.84. The van der Waals surface area contributed by atoms with Gasteiger partial charge in [-0.2, -0.15) is 0 Å². The monoisotopic (exact) mass is 331 g/mol. The van der Waals surface area contributed by atoms with Gasteiger partial charge in [-0.1, -0.05) is 6.42 Å². The molecule has 2 rings (SSSR count). The van der Waals surface area contributed by atoms with Crippen LogP contribution >= 0.6 is 0 Å². The van der Waals surface area contributed by atoms with Crippen molar-refractivity contribution in [3.63, 3.8) is 0 Å². The van der Waals surface area contributed by atoms with E-state index in [2.05, 4.69) is 5.32 Å². The van der Waals surface area contributed by atoms with E-state index in [0.717, 1.165) is 25.3 Å². The third-order valence-electron chi connectivity index (χ3n) is 4.22. The predicted molar refractivity (Wildman–Crippen MR) is 75.0 cm³/mol. The van der Waals surface area contributed by atoms with Gasteiger partial charge in [0.1, 0.15) is 18.3 Å². The number of aliphatic carboxylic acids is 1. The van der Waals surface area contributed by atoms with Crippen LogP contribution in [0.4, 0.5) is 0 Å². The number of hydrogen-bond donors (Lipinski definition) is 6. The standard InChI is InChI=1S/C14H21NO8/c16-5-8(18)11(19)12-10(15-13(20)6-2-1-3-6)7(17)4-9(23-12)14(21)22/h4,6-8,10-12,16-19H,1-3,5H2,(H,15,20)(H,21,22)/t7-,8?,10+,11+,12+/m0/s1. The van der Waals surface area contributed by atoms with Crippen molar-refractivity contribution in [2.45, 2.75) is 49.7 Å². The Morgan fingerprint density at radius 1 is 1.35 bits per heavy atom. The highest BCUT2D eigenvalue weighted by Crippen LogP contribution is 2.28. The van der Waals surface area contributed by atoms with E-state index in [0.29, 0.717) is 0 Å². The van der Waals surface area contributed by atoms with Crippen molar-refractivity contribution in [1.82, 2.24) is 5.32 Å². The van der Waals surface area contributed by atoms with Crippen molar-refractivity contribution in [2.75, 3.05) is 6.61 Å². The van der Waals surface area contributed by atoms with E-state index in [1.54, 1.807) is 0 Å². The Hall–Kier alpha value is -1.68. The van der Waals surface area contributed by atoms with Crippen LogP contribution in [0.1, 0.15) is 19.3 Å². The lowest BCUT2D eigenvalue weighted by Gasteiger charge is -2.39. The minimum absolute atomic E-state index is 0.187. The van der Waals surface area contributed by atoms with E-state index in [4.69, 9.17) is 14.9 Å². The highest BCUT2D eigenvalue weighted by Gasteiger charge is 2.44. The third kappa shape index (κ3) is 3.81. The zero-order valence-corrected chi connectivity index (χ0v) is 12.3. The molecular formula is C14H21NO8. The second-order valence-corrected chi connectivity index (χ2v) is 5.81. The van der Waals surface area contributed by atoms with Gasteiger partial charge < -0.3 is 35.6 Å². The van der Waals surface area contributed by atoms with Crippen molar-refractivity contribution in [3.05, 3.63) is 11.8 Å². The number of aliphatic hydroxyl groups is 4. The summed E-state index contributed by atoms with van der Waals surface area (Å²) < 4.78 is 5.11. The van der Waals surface area contributed by atoms with Gasteiger partial charge >= 0.3 is 5.97 Å². The molecule has 1 aliphatic heterocycles. The number of carbonyl (C=O) groups is 2. The highest BCUT2D eigenvalue weighted by atomic mass is 16.5. The fraction of sp³-hybridized carbons (Fsp3) is 0.714. The minimum atomic E-state index is -1.69. The first kappa shape index (κ1) is 17.7. The molecule has 0 aromatic carbocycles. The van der Waals surface area contributed by atoms with Gasteiger partial charge in [-0.05, 0) is 18.9 Å². The largest absolute Gasteiger partial charge is 0.478 e. The van der Waals surface area contributed by atoms with Crippen LogP contribution in [-0.4, -0.2) is 74.5 Å². The third-order valence-corrected chi connectivity index (χ3v) is 4.22. The second-order valence-electron chi connectivity index (χ2n) is 5.81. The summed E-state index contributed by atoms with van der Waals surface area (Å²) in [6, 6.07) is -1.14. The van der Waals surface area contributed by atoms with Crippen LogP contribution in [-0.2, 0) is 14.3 Å². The number of ether oxygens (including phenoxy) is 1. The van der Waals surface area contributed by atoms with E-state index < -0.39 is 48.8 Å². The summed E-state index contributed by atoms with van der Waals surface area (Å²) in [6.07, 6.45) is -2.83. The predicted octanol–water partition coefficient (Wildman–Crippen LogP) is -2.29. The molecule has 1 fully saturated rings. The number of carboxylic acid groups (broad SMARTS) is 1. The Labute approximate surface area is 132 Å². The number of rotatable bonds is 6. The summed E-state index contributed by atoms with van der Waals surface area (Å²) in [5.41, 5.74) is 0. The molecule has 1 amide bonds. The van der Waals surface area contributed by atoms with Crippen LogP contribution in [0.5, 0.6) is 0 Å². The van der Waals surface area contributed by atoms with Gasteiger partial charge in [-0.3, -0.25) is 4.79 Å². The van der Waals surface area contributed by atoms with Gasteiger partial charge in [0.15, 0.2) is 6.10 Å². The topological polar surface area (TPSA) is 157 Å². The molecule has 1 saturated carbocycles. The zero-order valence-electron chi connectivity index (χ0n) is 12.3. The Balaban J connectivity index is 2.19. The molecular weight excluding hydrogens is 310 g/mol. The maximum absolute atomic E-state index is 12.1.